The van der Waals surface area contributed by atoms with Gasteiger partial charge in [-0.3, -0.25) is 15.0 Å². The fourth-order valence-electron chi connectivity index (χ4n) is 3.64. The normalized spacial score (nSPS) is 10.9. The average Bonchev–Trinajstić information content (AvgIpc) is 3.13. The average molecular weight is 433 g/mol. The van der Waals surface area contributed by atoms with Gasteiger partial charge in [-0.25, -0.2) is 9.66 Å². The number of carbonyl (C=O) groups is 1. The number of nitrogens with zero attached hydrogens (tertiary/aromatic N) is 3. The molecule has 0 unspecified atom stereocenters. The minimum absolute atomic E-state index is 0.291. The van der Waals surface area contributed by atoms with Gasteiger partial charge in [0.05, 0.1) is 5.39 Å². The van der Waals surface area contributed by atoms with Crippen LogP contribution in [0.3, 0.4) is 0 Å². The van der Waals surface area contributed by atoms with Crippen LogP contribution in [0.5, 0.6) is 0 Å². The van der Waals surface area contributed by atoms with Crippen molar-refractivity contribution in [1.29, 1.82) is 0 Å². The van der Waals surface area contributed by atoms with Gasteiger partial charge in [0, 0.05) is 35.3 Å². The second-order valence-corrected chi connectivity index (χ2v) is 8.61. The number of aryl methyl sites for hydroxylation is 1. The van der Waals surface area contributed by atoms with E-state index >= 15 is 0 Å². The second kappa shape index (κ2) is 8.73. The Kier molecular flexibility index (Phi) is 5.86. The maximum atomic E-state index is 13.2. The molecule has 7 heteroatoms. The zero-order valence-electron chi connectivity index (χ0n) is 17.8. The van der Waals surface area contributed by atoms with Crippen LogP contribution in [-0.2, 0) is 0 Å². The van der Waals surface area contributed by atoms with Gasteiger partial charge in [-0.05, 0) is 43.2 Å². The second-order valence-electron chi connectivity index (χ2n) is 7.41. The van der Waals surface area contributed by atoms with E-state index in [-0.39, 0.29) is 11.5 Å². The summed E-state index contributed by atoms with van der Waals surface area (Å²) in [6.07, 6.45) is 2.42. The van der Waals surface area contributed by atoms with E-state index < -0.39 is 0 Å². The van der Waals surface area contributed by atoms with Crippen LogP contribution in [0.1, 0.15) is 28.6 Å². The summed E-state index contributed by atoms with van der Waals surface area (Å²) in [5.41, 5.74) is 5.73. The van der Waals surface area contributed by atoms with Gasteiger partial charge in [-0.2, -0.15) is 0 Å². The summed E-state index contributed by atoms with van der Waals surface area (Å²) < 4.78 is 1.17. The van der Waals surface area contributed by atoms with Gasteiger partial charge in [0.1, 0.15) is 11.2 Å². The summed E-state index contributed by atoms with van der Waals surface area (Å²) in [6.45, 7) is 5.05. The zero-order chi connectivity index (χ0) is 22.0. The quantitative estimate of drug-likeness (QED) is 0.481. The SMILES string of the molecule is CCCN(C)c1ccc(C(=O)Nn2cnc3sc(C)c(-c4ccccc4)c3c2=O)cc1. The Bertz CT molecular complexity index is 1280. The molecule has 1 amide bonds. The molecular formula is C24H24N4O2S. The predicted octanol–water partition coefficient (Wildman–Crippen LogP) is 4.66. The van der Waals surface area contributed by atoms with E-state index in [1.54, 1.807) is 12.1 Å². The molecule has 2 heterocycles. The van der Waals surface area contributed by atoms with Crippen LogP contribution < -0.4 is 15.9 Å². The molecule has 0 aliphatic heterocycles. The number of fused-ring (bicyclic) bond motifs is 1. The summed E-state index contributed by atoms with van der Waals surface area (Å²) >= 11 is 1.48. The lowest BCUT2D eigenvalue weighted by Crippen LogP contribution is -2.33. The Hall–Kier alpha value is -3.45. The molecule has 0 aliphatic carbocycles. The fourth-order valence-corrected chi connectivity index (χ4v) is 4.64. The van der Waals surface area contributed by atoms with E-state index in [4.69, 9.17) is 0 Å². The van der Waals surface area contributed by atoms with Crippen LogP contribution >= 0.6 is 11.3 Å². The molecule has 0 aliphatic rings. The number of rotatable bonds is 6. The summed E-state index contributed by atoms with van der Waals surface area (Å²) in [5.74, 6) is -0.360. The molecule has 6 nitrogen and oxygen atoms in total. The van der Waals surface area contributed by atoms with Crippen molar-refractivity contribution >= 4 is 33.1 Å². The van der Waals surface area contributed by atoms with Crippen LogP contribution in [0.4, 0.5) is 5.69 Å². The van der Waals surface area contributed by atoms with Crippen molar-refractivity contribution in [2.75, 3.05) is 23.9 Å². The maximum Gasteiger partial charge on any atom is 0.281 e. The van der Waals surface area contributed by atoms with E-state index in [2.05, 4.69) is 22.2 Å². The van der Waals surface area contributed by atoms with Gasteiger partial charge >= 0.3 is 0 Å². The first-order valence-electron chi connectivity index (χ1n) is 10.2. The van der Waals surface area contributed by atoms with Crippen molar-refractivity contribution in [3.05, 3.63) is 81.7 Å². The van der Waals surface area contributed by atoms with Gasteiger partial charge in [-0.15, -0.1) is 11.3 Å². The van der Waals surface area contributed by atoms with E-state index in [0.717, 1.165) is 34.7 Å². The number of amides is 1. The molecule has 0 atom stereocenters. The van der Waals surface area contributed by atoms with Gasteiger partial charge in [0.25, 0.3) is 11.5 Å². The van der Waals surface area contributed by atoms with E-state index in [1.165, 1.54) is 22.3 Å². The number of hydrogen-bond donors (Lipinski definition) is 1. The standard InChI is InChI=1S/C24H24N4O2S/c1-4-14-27(3)19-12-10-18(11-13-19)22(29)26-28-15-25-23-21(24(28)30)20(16(2)31-23)17-8-6-5-7-9-17/h5-13,15H,4,14H2,1-3H3,(H,26,29). The smallest absolute Gasteiger partial charge is 0.281 e. The predicted molar refractivity (Wildman–Crippen MR) is 128 cm³/mol. The van der Waals surface area contributed by atoms with E-state index in [9.17, 15) is 9.59 Å². The number of aromatic nitrogens is 2. The molecule has 0 bridgehead atoms. The molecular weight excluding hydrogens is 408 g/mol. The monoisotopic (exact) mass is 432 g/mol. The van der Waals surface area contributed by atoms with Crippen molar-refractivity contribution < 1.29 is 4.79 Å². The van der Waals surface area contributed by atoms with Crippen LogP contribution in [0.2, 0.25) is 0 Å². The Morgan fingerprint density at radius 1 is 1.13 bits per heavy atom. The highest BCUT2D eigenvalue weighted by Crippen LogP contribution is 2.35. The minimum atomic E-state index is -0.360. The molecule has 0 saturated carbocycles. The summed E-state index contributed by atoms with van der Waals surface area (Å²) in [6, 6.07) is 17.1. The molecule has 0 fully saturated rings. The molecule has 2 aromatic carbocycles. The van der Waals surface area contributed by atoms with E-state index in [1.807, 2.05) is 56.4 Å². The minimum Gasteiger partial charge on any atom is -0.375 e. The highest BCUT2D eigenvalue weighted by Gasteiger charge is 2.18. The van der Waals surface area contributed by atoms with Crippen LogP contribution in [-0.4, -0.2) is 29.2 Å². The summed E-state index contributed by atoms with van der Waals surface area (Å²) in [4.78, 5) is 34.2. The Morgan fingerprint density at radius 3 is 2.52 bits per heavy atom. The van der Waals surface area contributed by atoms with Gasteiger partial charge in [-0.1, -0.05) is 37.3 Å². The molecule has 4 aromatic rings. The molecule has 0 radical (unpaired) electrons. The number of carbonyl (C=O) groups excluding carboxylic acids is 1. The number of anilines is 1. The molecule has 1 N–H and O–H groups in total. The number of nitrogens with one attached hydrogen (secondary N) is 1. The molecule has 4 rings (SSSR count). The lowest BCUT2D eigenvalue weighted by molar-refractivity contribution is 0.101. The molecule has 2 aromatic heterocycles. The molecule has 158 valence electrons. The van der Waals surface area contributed by atoms with Crippen molar-refractivity contribution in [1.82, 2.24) is 9.66 Å². The third-order valence-electron chi connectivity index (χ3n) is 5.20. The Labute approximate surface area is 184 Å². The van der Waals surface area contributed by atoms with Crippen LogP contribution in [0.25, 0.3) is 21.3 Å². The number of benzene rings is 2. The van der Waals surface area contributed by atoms with Gasteiger partial charge in [0.2, 0.25) is 0 Å². The molecule has 31 heavy (non-hydrogen) atoms. The first-order valence-corrected chi connectivity index (χ1v) is 11.0. The first kappa shape index (κ1) is 20.8. The Balaban J connectivity index is 1.65. The lowest BCUT2D eigenvalue weighted by atomic mass is 10.0. The van der Waals surface area contributed by atoms with Gasteiger partial charge < -0.3 is 4.90 Å². The van der Waals surface area contributed by atoms with Gasteiger partial charge in [0.15, 0.2) is 0 Å². The topological polar surface area (TPSA) is 67.2 Å². The first-order chi connectivity index (χ1) is 15.0. The van der Waals surface area contributed by atoms with Crippen LogP contribution in [0.15, 0.2) is 65.7 Å². The third kappa shape index (κ3) is 4.09. The fraction of sp³-hybridized carbons (Fsp3) is 0.208. The highest BCUT2D eigenvalue weighted by atomic mass is 32.1. The van der Waals surface area contributed by atoms with Crippen molar-refractivity contribution in [3.63, 3.8) is 0 Å². The molecule has 0 saturated heterocycles. The summed E-state index contributed by atoms with van der Waals surface area (Å²) in [7, 11) is 2.02. The van der Waals surface area contributed by atoms with Crippen LogP contribution in [0, 0.1) is 6.92 Å². The lowest BCUT2D eigenvalue weighted by Gasteiger charge is -2.18. The van der Waals surface area contributed by atoms with Crippen molar-refractivity contribution in [2.24, 2.45) is 0 Å². The molecule has 0 spiro atoms. The maximum absolute atomic E-state index is 13.2. The number of hydrogen-bond acceptors (Lipinski definition) is 5. The van der Waals surface area contributed by atoms with E-state index in [0.29, 0.717) is 15.8 Å². The van der Waals surface area contributed by atoms with Crippen molar-refractivity contribution in [3.8, 4) is 11.1 Å². The highest BCUT2D eigenvalue weighted by molar-refractivity contribution is 7.19. The Morgan fingerprint density at radius 2 is 1.84 bits per heavy atom. The summed E-state index contributed by atoms with van der Waals surface area (Å²) in [5, 5.41) is 0.521. The third-order valence-corrected chi connectivity index (χ3v) is 6.22. The number of thiophene rings is 1. The zero-order valence-corrected chi connectivity index (χ0v) is 18.6. The van der Waals surface area contributed by atoms with Crippen molar-refractivity contribution in [2.45, 2.75) is 20.3 Å². The largest absolute Gasteiger partial charge is 0.375 e.